The van der Waals surface area contributed by atoms with Crippen LogP contribution in [0.15, 0.2) is 23.1 Å². The van der Waals surface area contributed by atoms with Gasteiger partial charge in [0.15, 0.2) is 0 Å². The maximum atomic E-state index is 10.4. The van der Waals surface area contributed by atoms with Gasteiger partial charge in [0.2, 0.25) is 0 Å². The summed E-state index contributed by atoms with van der Waals surface area (Å²) in [5.74, 6) is 0. The molecule has 0 aliphatic carbocycles. The van der Waals surface area contributed by atoms with Gasteiger partial charge in [0.1, 0.15) is 0 Å². The van der Waals surface area contributed by atoms with Crippen LogP contribution in [0, 0.1) is 13.7 Å². The van der Waals surface area contributed by atoms with Crippen LogP contribution in [0.5, 0.6) is 0 Å². The molecule has 12 heavy (non-hydrogen) atoms. The third-order valence-electron chi connectivity index (χ3n) is 1.35. The quantitative estimate of drug-likeness (QED) is 0.365. The molecule has 0 aromatic heterocycles. The average Bonchev–Trinajstić information content (AvgIpc) is 2.03. The summed E-state index contributed by atoms with van der Waals surface area (Å²) in [5, 5.41) is 10.4. The predicted octanol–water partition coefficient (Wildman–Crippen LogP) is 2.92. The first-order valence-electron chi connectivity index (χ1n) is 3.13. The summed E-state index contributed by atoms with van der Waals surface area (Å²) in [7, 11) is 0. The molecule has 1 rings (SSSR count). The van der Waals surface area contributed by atoms with Gasteiger partial charge in [-0.3, -0.25) is 10.1 Å². The maximum Gasteiger partial charge on any atom is 0.282 e. The molecule has 0 amide bonds. The molecule has 0 N–H and O–H groups in total. The van der Waals surface area contributed by atoms with Crippen LogP contribution in [0.25, 0.3) is 0 Å². The number of hydrogen-bond acceptors (Lipinski definition) is 3. The van der Waals surface area contributed by atoms with E-state index in [9.17, 15) is 10.1 Å². The van der Waals surface area contributed by atoms with Crippen molar-refractivity contribution >= 4 is 40.0 Å². The maximum absolute atomic E-state index is 10.4. The van der Waals surface area contributed by atoms with E-state index >= 15 is 0 Å². The summed E-state index contributed by atoms with van der Waals surface area (Å²) in [6.07, 6.45) is 1.94. The van der Waals surface area contributed by atoms with Crippen molar-refractivity contribution in [3.05, 3.63) is 31.9 Å². The van der Waals surface area contributed by atoms with Crippen LogP contribution in [0.3, 0.4) is 0 Å². The van der Waals surface area contributed by atoms with Gasteiger partial charge < -0.3 is 0 Å². The molecule has 5 heteroatoms. The van der Waals surface area contributed by atoms with E-state index in [1.165, 1.54) is 6.07 Å². The summed E-state index contributed by atoms with van der Waals surface area (Å²) in [6.45, 7) is 0. The van der Waals surface area contributed by atoms with Crippen LogP contribution in [0.2, 0.25) is 0 Å². The molecule has 1 aromatic carbocycles. The van der Waals surface area contributed by atoms with Crippen molar-refractivity contribution in [1.82, 2.24) is 0 Å². The number of nitro groups is 1. The molecular formula is C7H6INO2S. The Balaban J connectivity index is 3.12. The summed E-state index contributed by atoms with van der Waals surface area (Å²) in [6, 6.07) is 5.10. The van der Waals surface area contributed by atoms with E-state index < -0.39 is 0 Å². The van der Waals surface area contributed by atoms with Crippen molar-refractivity contribution in [3.63, 3.8) is 0 Å². The standard InChI is InChI=1S/C7H6INO2S/c1-12-5-2-3-7(9(10)11)6(8)4-5/h2-4H,1H3. The van der Waals surface area contributed by atoms with Crippen LogP contribution in [0.4, 0.5) is 5.69 Å². The Morgan fingerprint density at radius 2 is 2.25 bits per heavy atom. The smallest absolute Gasteiger partial charge is 0.258 e. The number of nitrogens with zero attached hydrogens (tertiary/aromatic N) is 1. The van der Waals surface area contributed by atoms with Crippen molar-refractivity contribution in [1.29, 1.82) is 0 Å². The molecule has 0 bridgehead atoms. The van der Waals surface area contributed by atoms with Crippen molar-refractivity contribution in [2.45, 2.75) is 4.90 Å². The van der Waals surface area contributed by atoms with E-state index in [-0.39, 0.29) is 10.6 Å². The van der Waals surface area contributed by atoms with Gasteiger partial charge in [-0.15, -0.1) is 11.8 Å². The summed E-state index contributed by atoms with van der Waals surface area (Å²) in [4.78, 5) is 11.1. The highest BCUT2D eigenvalue weighted by molar-refractivity contribution is 14.1. The topological polar surface area (TPSA) is 43.1 Å². The van der Waals surface area contributed by atoms with E-state index in [0.717, 1.165) is 4.90 Å². The van der Waals surface area contributed by atoms with Crippen LogP contribution in [0.1, 0.15) is 0 Å². The van der Waals surface area contributed by atoms with Gasteiger partial charge in [0.25, 0.3) is 5.69 Å². The highest BCUT2D eigenvalue weighted by atomic mass is 127. The molecule has 1 aromatic rings. The van der Waals surface area contributed by atoms with Gasteiger partial charge >= 0.3 is 0 Å². The Hall–Kier alpha value is -0.300. The van der Waals surface area contributed by atoms with E-state index in [1.54, 1.807) is 17.8 Å². The van der Waals surface area contributed by atoms with Crippen molar-refractivity contribution in [3.8, 4) is 0 Å². The molecule has 0 fully saturated rings. The summed E-state index contributed by atoms with van der Waals surface area (Å²) < 4.78 is 0.685. The second-order valence-electron chi connectivity index (χ2n) is 2.07. The molecule has 0 aliphatic heterocycles. The predicted molar refractivity (Wildman–Crippen MR) is 57.6 cm³/mol. The number of halogens is 1. The Labute approximate surface area is 87.8 Å². The number of rotatable bonds is 2. The normalized spacial score (nSPS) is 9.83. The first kappa shape index (κ1) is 9.79. The molecule has 0 saturated carbocycles. The Bertz CT molecular complexity index is 316. The molecule has 0 heterocycles. The Morgan fingerprint density at radius 3 is 2.67 bits per heavy atom. The van der Waals surface area contributed by atoms with Gasteiger partial charge in [0.05, 0.1) is 8.49 Å². The minimum absolute atomic E-state index is 0.174. The number of hydrogen-bond donors (Lipinski definition) is 0. The van der Waals surface area contributed by atoms with Crippen LogP contribution in [-0.4, -0.2) is 11.2 Å². The number of nitro benzene ring substituents is 1. The lowest BCUT2D eigenvalue weighted by Crippen LogP contribution is -1.90. The van der Waals surface area contributed by atoms with Gasteiger partial charge in [-0.2, -0.15) is 0 Å². The third kappa shape index (κ3) is 2.10. The van der Waals surface area contributed by atoms with Crippen molar-refractivity contribution < 1.29 is 4.92 Å². The number of benzene rings is 1. The molecule has 0 saturated heterocycles. The fourth-order valence-corrected chi connectivity index (χ4v) is 2.13. The van der Waals surface area contributed by atoms with Crippen molar-refractivity contribution in [2.75, 3.05) is 6.26 Å². The molecule has 0 radical (unpaired) electrons. The van der Waals surface area contributed by atoms with E-state index in [2.05, 4.69) is 0 Å². The third-order valence-corrected chi connectivity index (χ3v) is 2.94. The van der Waals surface area contributed by atoms with Gasteiger partial charge in [-0.25, -0.2) is 0 Å². The van der Waals surface area contributed by atoms with Gasteiger partial charge in [-0.1, -0.05) is 0 Å². The summed E-state index contributed by atoms with van der Waals surface area (Å²) >= 11 is 3.55. The summed E-state index contributed by atoms with van der Waals surface area (Å²) in [5.41, 5.74) is 0.174. The SMILES string of the molecule is CSc1ccc([N+](=O)[O-])c(I)c1. The lowest BCUT2D eigenvalue weighted by atomic mass is 10.3. The minimum Gasteiger partial charge on any atom is -0.258 e. The molecule has 0 spiro atoms. The fraction of sp³-hybridized carbons (Fsp3) is 0.143. The fourth-order valence-electron chi connectivity index (χ4n) is 0.763. The van der Waals surface area contributed by atoms with Gasteiger partial charge in [-0.05, 0) is 41.0 Å². The van der Waals surface area contributed by atoms with E-state index in [4.69, 9.17) is 0 Å². The second-order valence-corrected chi connectivity index (χ2v) is 4.12. The molecular weight excluding hydrogens is 289 g/mol. The largest absolute Gasteiger partial charge is 0.282 e. The average molecular weight is 295 g/mol. The zero-order valence-corrected chi connectivity index (χ0v) is 9.26. The van der Waals surface area contributed by atoms with E-state index in [0.29, 0.717) is 3.57 Å². The first-order valence-corrected chi connectivity index (χ1v) is 5.43. The van der Waals surface area contributed by atoms with Gasteiger partial charge in [0, 0.05) is 11.0 Å². The zero-order valence-electron chi connectivity index (χ0n) is 6.28. The molecule has 0 unspecified atom stereocenters. The second kappa shape index (κ2) is 4.08. The lowest BCUT2D eigenvalue weighted by Gasteiger charge is -1.97. The lowest BCUT2D eigenvalue weighted by molar-refractivity contribution is -0.385. The van der Waals surface area contributed by atoms with Crippen LogP contribution >= 0.6 is 34.4 Å². The monoisotopic (exact) mass is 295 g/mol. The van der Waals surface area contributed by atoms with Crippen molar-refractivity contribution in [2.24, 2.45) is 0 Å². The molecule has 0 aliphatic rings. The Morgan fingerprint density at radius 1 is 1.58 bits per heavy atom. The highest BCUT2D eigenvalue weighted by Crippen LogP contribution is 2.25. The Kier molecular flexibility index (Phi) is 3.33. The minimum atomic E-state index is -0.369. The molecule has 0 atom stereocenters. The zero-order chi connectivity index (χ0) is 9.14. The highest BCUT2D eigenvalue weighted by Gasteiger charge is 2.10. The molecule has 64 valence electrons. The van der Waals surface area contributed by atoms with Crippen LogP contribution in [-0.2, 0) is 0 Å². The van der Waals surface area contributed by atoms with Crippen LogP contribution < -0.4 is 0 Å². The molecule has 3 nitrogen and oxygen atoms in total. The van der Waals surface area contributed by atoms with E-state index in [1.807, 2.05) is 34.9 Å². The first-order chi connectivity index (χ1) is 5.65. The number of thioether (sulfide) groups is 1.